The molecule has 0 saturated heterocycles. The average molecular weight is 615 g/mol. The van der Waals surface area contributed by atoms with Crippen LogP contribution in [0.25, 0.3) is 0 Å². The van der Waals surface area contributed by atoms with Gasteiger partial charge in [-0.15, -0.1) is 0 Å². The maximum absolute atomic E-state index is 13.6. The Kier molecular flexibility index (Phi) is 9.25. The van der Waals surface area contributed by atoms with E-state index in [0.29, 0.717) is 30.9 Å². The van der Waals surface area contributed by atoms with Gasteiger partial charge < -0.3 is 5.32 Å². The molecule has 0 unspecified atom stereocenters. The molecule has 3 aromatic carbocycles. The SMILES string of the molecule is C[C@H](C(=O)NC1(c2ccccc2)CCC(C2=CCN(Cc3ccccc3)CC2)CC1)c1cc(C(F)(F)F)cc(C(F)(F)F)c1. The number of nitrogens with one attached hydrogen (secondary N) is 1. The number of carbonyl (C=O) groups excluding carboxylic acids is 1. The maximum Gasteiger partial charge on any atom is 0.416 e. The van der Waals surface area contributed by atoms with Crippen molar-refractivity contribution in [1.82, 2.24) is 10.2 Å². The van der Waals surface area contributed by atoms with Gasteiger partial charge in [0.05, 0.1) is 22.6 Å². The van der Waals surface area contributed by atoms with Crippen LogP contribution in [-0.2, 0) is 29.2 Å². The van der Waals surface area contributed by atoms with Crippen LogP contribution in [-0.4, -0.2) is 23.9 Å². The van der Waals surface area contributed by atoms with Crippen molar-refractivity contribution in [2.75, 3.05) is 13.1 Å². The Hall–Kier alpha value is -3.59. The van der Waals surface area contributed by atoms with Gasteiger partial charge in [0.1, 0.15) is 0 Å². The van der Waals surface area contributed by atoms with Crippen LogP contribution in [0.3, 0.4) is 0 Å². The maximum atomic E-state index is 13.6. The molecule has 0 radical (unpaired) electrons. The van der Waals surface area contributed by atoms with Crippen LogP contribution < -0.4 is 5.32 Å². The molecule has 1 aliphatic carbocycles. The molecule has 234 valence electrons. The standard InChI is InChI=1S/C35H36F6N2O/c1-24(28-20-30(34(36,37)38)22-31(21-28)35(39,40)41)32(44)42-33(29-10-6-3-7-11-29)16-12-26(13-17-33)27-14-18-43(19-15-27)23-25-8-4-2-5-9-25/h2-11,14,20-22,24,26H,12-13,15-19,23H2,1H3,(H,42,44)/t24-,26?,33?/m0/s1. The van der Waals surface area contributed by atoms with Gasteiger partial charge in [0.2, 0.25) is 5.91 Å². The van der Waals surface area contributed by atoms with E-state index >= 15 is 0 Å². The van der Waals surface area contributed by atoms with E-state index in [1.165, 1.54) is 18.1 Å². The van der Waals surface area contributed by atoms with Gasteiger partial charge in [0.25, 0.3) is 0 Å². The van der Waals surface area contributed by atoms with Gasteiger partial charge in [-0.3, -0.25) is 9.69 Å². The summed E-state index contributed by atoms with van der Waals surface area (Å²) in [7, 11) is 0. The molecule has 0 aromatic heterocycles. The Morgan fingerprint density at radius 1 is 0.886 bits per heavy atom. The van der Waals surface area contributed by atoms with E-state index in [1.807, 2.05) is 48.5 Å². The lowest BCUT2D eigenvalue weighted by molar-refractivity contribution is -0.143. The quantitative estimate of drug-likeness (QED) is 0.213. The van der Waals surface area contributed by atoms with E-state index in [0.717, 1.165) is 44.5 Å². The lowest BCUT2D eigenvalue weighted by Gasteiger charge is -2.43. The van der Waals surface area contributed by atoms with Crippen LogP contribution in [0.15, 0.2) is 90.5 Å². The minimum absolute atomic E-state index is 0.0850. The minimum Gasteiger partial charge on any atom is -0.346 e. The van der Waals surface area contributed by atoms with E-state index in [2.05, 4.69) is 28.4 Å². The first-order valence-corrected chi connectivity index (χ1v) is 15.0. The molecule has 1 amide bonds. The fourth-order valence-electron chi connectivity index (χ4n) is 6.53. The largest absolute Gasteiger partial charge is 0.416 e. The third kappa shape index (κ3) is 7.37. The average Bonchev–Trinajstić information content (AvgIpc) is 3.01. The number of benzene rings is 3. The van der Waals surface area contributed by atoms with E-state index in [4.69, 9.17) is 0 Å². The summed E-state index contributed by atoms with van der Waals surface area (Å²) in [6, 6.07) is 21.1. The smallest absolute Gasteiger partial charge is 0.346 e. The van der Waals surface area contributed by atoms with Crippen molar-refractivity contribution < 1.29 is 31.1 Å². The lowest BCUT2D eigenvalue weighted by Crippen LogP contribution is -2.49. The Bertz CT molecular complexity index is 1430. The topological polar surface area (TPSA) is 32.3 Å². The highest BCUT2D eigenvalue weighted by Crippen LogP contribution is 2.44. The number of hydrogen-bond acceptors (Lipinski definition) is 2. The molecule has 5 rings (SSSR count). The highest BCUT2D eigenvalue weighted by molar-refractivity contribution is 5.84. The van der Waals surface area contributed by atoms with Crippen molar-refractivity contribution in [2.24, 2.45) is 5.92 Å². The third-order valence-corrected chi connectivity index (χ3v) is 9.13. The van der Waals surface area contributed by atoms with Crippen LogP contribution in [0.5, 0.6) is 0 Å². The lowest BCUT2D eigenvalue weighted by atomic mass is 9.70. The summed E-state index contributed by atoms with van der Waals surface area (Å²) in [6.45, 7) is 4.08. The van der Waals surface area contributed by atoms with Crippen molar-refractivity contribution >= 4 is 5.91 Å². The van der Waals surface area contributed by atoms with Crippen LogP contribution in [0.4, 0.5) is 26.3 Å². The van der Waals surface area contributed by atoms with Crippen molar-refractivity contribution in [2.45, 2.75) is 69.4 Å². The molecule has 1 atom stereocenters. The summed E-state index contributed by atoms with van der Waals surface area (Å²) in [4.78, 5) is 16.0. The van der Waals surface area contributed by atoms with Crippen molar-refractivity contribution in [3.05, 3.63) is 118 Å². The van der Waals surface area contributed by atoms with Crippen molar-refractivity contribution in [1.29, 1.82) is 0 Å². The zero-order valence-electron chi connectivity index (χ0n) is 24.5. The molecule has 0 spiro atoms. The predicted octanol–water partition coefficient (Wildman–Crippen LogP) is 8.86. The van der Waals surface area contributed by atoms with Crippen LogP contribution in [0, 0.1) is 5.92 Å². The van der Waals surface area contributed by atoms with Crippen LogP contribution >= 0.6 is 0 Å². The Morgan fingerprint density at radius 3 is 1.98 bits per heavy atom. The molecule has 3 nitrogen and oxygen atoms in total. The zero-order valence-corrected chi connectivity index (χ0v) is 24.5. The molecule has 44 heavy (non-hydrogen) atoms. The Morgan fingerprint density at radius 2 is 1.45 bits per heavy atom. The molecule has 3 aromatic rings. The van der Waals surface area contributed by atoms with E-state index in [-0.39, 0.29) is 11.6 Å². The zero-order chi connectivity index (χ0) is 31.5. The first-order valence-electron chi connectivity index (χ1n) is 15.0. The molecule has 9 heteroatoms. The number of alkyl halides is 6. The third-order valence-electron chi connectivity index (χ3n) is 9.13. The minimum atomic E-state index is -4.98. The molecule has 0 bridgehead atoms. The molecule has 1 aliphatic heterocycles. The molecule has 1 N–H and O–H groups in total. The molecular weight excluding hydrogens is 578 g/mol. The van der Waals surface area contributed by atoms with Gasteiger partial charge in [-0.2, -0.15) is 26.3 Å². The number of rotatable bonds is 7. The van der Waals surface area contributed by atoms with Crippen LogP contribution in [0.1, 0.15) is 72.8 Å². The number of amides is 1. The van der Waals surface area contributed by atoms with Crippen molar-refractivity contribution in [3.63, 3.8) is 0 Å². The first kappa shape index (κ1) is 31.8. The van der Waals surface area contributed by atoms with Gasteiger partial charge in [-0.05, 0) is 79.8 Å². The van der Waals surface area contributed by atoms with Crippen molar-refractivity contribution in [3.8, 4) is 0 Å². The fraction of sp³-hybridized carbons (Fsp3) is 0.400. The summed E-state index contributed by atoms with van der Waals surface area (Å²) < 4.78 is 80.9. The van der Waals surface area contributed by atoms with E-state index in [1.54, 1.807) is 0 Å². The van der Waals surface area contributed by atoms with E-state index < -0.39 is 40.8 Å². The second-order valence-corrected chi connectivity index (χ2v) is 12.0. The van der Waals surface area contributed by atoms with Gasteiger partial charge >= 0.3 is 12.4 Å². The Balaban J connectivity index is 1.31. The molecule has 1 fully saturated rings. The second kappa shape index (κ2) is 12.8. The van der Waals surface area contributed by atoms with Gasteiger partial charge in [-0.25, -0.2) is 0 Å². The normalized spacial score (nSPS) is 22.2. The highest BCUT2D eigenvalue weighted by Gasteiger charge is 2.41. The molecule has 2 aliphatic rings. The number of nitrogens with zero attached hydrogens (tertiary/aromatic N) is 1. The number of halogens is 6. The second-order valence-electron chi connectivity index (χ2n) is 12.0. The Labute approximate surface area is 254 Å². The van der Waals surface area contributed by atoms with Crippen LogP contribution in [0.2, 0.25) is 0 Å². The molecule has 1 saturated carbocycles. The molecule has 1 heterocycles. The highest BCUT2D eigenvalue weighted by atomic mass is 19.4. The van der Waals surface area contributed by atoms with Gasteiger partial charge in [-0.1, -0.05) is 72.3 Å². The first-order chi connectivity index (χ1) is 20.8. The van der Waals surface area contributed by atoms with E-state index in [9.17, 15) is 31.1 Å². The predicted molar refractivity (Wildman–Crippen MR) is 158 cm³/mol. The summed E-state index contributed by atoms with van der Waals surface area (Å²) >= 11 is 0. The number of hydrogen-bond donors (Lipinski definition) is 1. The summed E-state index contributed by atoms with van der Waals surface area (Å²) in [5.74, 6) is -1.47. The monoisotopic (exact) mass is 614 g/mol. The summed E-state index contributed by atoms with van der Waals surface area (Å²) in [5, 5.41) is 3.09. The van der Waals surface area contributed by atoms with Gasteiger partial charge in [0.15, 0.2) is 0 Å². The van der Waals surface area contributed by atoms with Gasteiger partial charge in [0, 0.05) is 19.6 Å². The summed E-state index contributed by atoms with van der Waals surface area (Å²) in [6.07, 6.45) is -3.82. The number of carbonyl (C=O) groups is 1. The summed E-state index contributed by atoms with van der Waals surface area (Å²) in [5.41, 5.74) is -0.378. The fourth-order valence-corrected chi connectivity index (χ4v) is 6.53. The molecular formula is C35H36F6N2O.